The lowest BCUT2D eigenvalue weighted by Gasteiger charge is -2.23. The summed E-state index contributed by atoms with van der Waals surface area (Å²) in [7, 11) is 4.00. The molecule has 3 aromatic rings. The second kappa shape index (κ2) is 8.69. The molecule has 0 aliphatic rings. The first-order valence-electron chi connectivity index (χ1n) is 8.38. The minimum Gasteiger partial charge on any atom is -0.486 e. The van der Waals surface area contributed by atoms with E-state index in [1.807, 2.05) is 55.9 Å². The molecule has 0 aliphatic heterocycles. The maximum absolute atomic E-state index is 12.4. The molecule has 1 aromatic carbocycles. The van der Waals surface area contributed by atoms with E-state index in [1.165, 1.54) is 4.88 Å². The number of nitrogens with zero attached hydrogens (tertiary/aromatic N) is 1. The highest BCUT2D eigenvalue weighted by atomic mass is 32.1. The van der Waals surface area contributed by atoms with E-state index in [0.717, 1.165) is 5.75 Å². The number of nitrogens with one attached hydrogen (secondary N) is 1. The average molecular weight is 370 g/mol. The Morgan fingerprint density at radius 1 is 1.15 bits per heavy atom. The largest absolute Gasteiger partial charge is 0.486 e. The lowest BCUT2D eigenvalue weighted by atomic mass is 10.2. The summed E-state index contributed by atoms with van der Waals surface area (Å²) in [5.41, 5.74) is 0. The number of benzene rings is 1. The van der Waals surface area contributed by atoms with Gasteiger partial charge in [0, 0.05) is 11.4 Å². The van der Waals surface area contributed by atoms with E-state index >= 15 is 0 Å². The number of likely N-dealkylation sites (N-methyl/N-ethyl adjacent to an activating group) is 1. The summed E-state index contributed by atoms with van der Waals surface area (Å²) < 4.78 is 11.2. The predicted octanol–water partition coefficient (Wildman–Crippen LogP) is 3.95. The van der Waals surface area contributed by atoms with Crippen molar-refractivity contribution in [1.82, 2.24) is 10.2 Å². The van der Waals surface area contributed by atoms with Gasteiger partial charge < -0.3 is 19.4 Å². The molecule has 0 saturated heterocycles. The first-order chi connectivity index (χ1) is 12.6. The second-order valence-electron chi connectivity index (χ2n) is 6.07. The summed E-state index contributed by atoms with van der Waals surface area (Å²) in [5.74, 6) is 1.45. The van der Waals surface area contributed by atoms with Crippen molar-refractivity contribution in [2.45, 2.75) is 12.6 Å². The minimum absolute atomic E-state index is 0.134. The van der Waals surface area contributed by atoms with Gasteiger partial charge in [0.2, 0.25) is 0 Å². The molecule has 0 saturated carbocycles. The predicted molar refractivity (Wildman–Crippen MR) is 103 cm³/mol. The summed E-state index contributed by atoms with van der Waals surface area (Å²) in [6, 6.07) is 17.2. The number of carbonyl (C=O) groups excluding carboxylic acids is 1. The summed E-state index contributed by atoms with van der Waals surface area (Å²) >= 11 is 1.68. The number of thiophene rings is 1. The third-order valence-corrected chi connectivity index (χ3v) is 4.93. The number of furan rings is 1. The van der Waals surface area contributed by atoms with Crippen molar-refractivity contribution in [3.63, 3.8) is 0 Å². The quantitative estimate of drug-likeness (QED) is 0.652. The maximum Gasteiger partial charge on any atom is 0.287 e. The van der Waals surface area contributed by atoms with Crippen molar-refractivity contribution < 1.29 is 13.9 Å². The molecule has 2 heterocycles. The molecule has 0 spiro atoms. The van der Waals surface area contributed by atoms with Crippen molar-refractivity contribution in [2.75, 3.05) is 20.6 Å². The molecule has 3 rings (SSSR count). The Hall–Kier alpha value is -2.57. The highest BCUT2D eigenvalue weighted by Crippen LogP contribution is 2.22. The highest BCUT2D eigenvalue weighted by Gasteiger charge is 2.18. The topological polar surface area (TPSA) is 54.7 Å². The Morgan fingerprint density at radius 3 is 2.65 bits per heavy atom. The number of para-hydroxylation sites is 1. The minimum atomic E-state index is -0.223. The van der Waals surface area contributed by atoms with Gasteiger partial charge >= 0.3 is 0 Å². The highest BCUT2D eigenvalue weighted by molar-refractivity contribution is 7.10. The van der Waals surface area contributed by atoms with E-state index in [1.54, 1.807) is 23.5 Å². The monoisotopic (exact) mass is 370 g/mol. The van der Waals surface area contributed by atoms with Crippen LogP contribution in [0.4, 0.5) is 0 Å². The van der Waals surface area contributed by atoms with E-state index in [-0.39, 0.29) is 18.6 Å². The molecule has 6 heteroatoms. The smallest absolute Gasteiger partial charge is 0.287 e. The van der Waals surface area contributed by atoms with Gasteiger partial charge in [-0.2, -0.15) is 0 Å². The molecule has 0 bridgehead atoms. The number of ether oxygens (including phenoxy) is 1. The summed E-state index contributed by atoms with van der Waals surface area (Å²) in [5, 5.41) is 4.99. The van der Waals surface area contributed by atoms with Gasteiger partial charge in [-0.05, 0) is 49.8 Å². The molecule has 1 N–H and O–H groups in total. The first kappa shape index (κ1) is 18.2. The molecule has 1 amide bonds. The lowest BCUT2D eigenvalue weighted by molar-refractivity contribution is 0.0910. The molecule has 2 aromatic heterocycles. The van der Waals surface area contributed by atoms with Gasteiger partial charge in [0.05, 0.1) is 6.04 Å². The number of amides is 1. The SMILES string of the molecule is CN(C)C(CNC(=O)c1ccc(COc2ccccc2)o1)c1cccs1. The fourth-order valence-corrected chi connectivity index (χ4v) is 3.47. The van der Waals surface area contributed by atoms with Gasteiger partial charge in [0.15, 0.2) is 5.76 Å². The maximum atomic E-state index is 12.4. The van der Waals surface area contributed by atoms with Crippen LogP contribution in [0.2, 0.25) is 0 Å². The van der Waals surface area contributed by atoms with Gasteiger partial charge in [0.1, 0.15) is 18.1 Å². The Morgan fingerprint density at radius 2 is 1.96 bits per heavy atom. The molecule has 1 unspecified atom stereocenters. The van der Waals surface area contributed by atoms with Crippen LogP contribution in [0, 0.1) is 0 Å². The van der Waals surface area contributed by atoms with Crippen LogP contribution in [0.3, 0.4) is 0 Å². The Bertz CT molecular complexity index is 813. The zero-order chi connectivity index (χ0) is 18.4. The fourth-order valence-electron chi connectivity index (χ4n) is 2.54. The second-order valence-corrected chi connectivity index (χ2v) is 7.05. The lowest BCUT2D eigenvalue weighted by Crippen LogP contribution is -2.34. The Kier molecular flexibility index (Phi) is 6.09. The van der Waals surface area contributed by atoms with E-state index < -0.39 is 0 Å². The van der Waals surface area contributed by atoms with Gasteiger partial charge in [-0.3, -0.25) is 4.79 Å². The molecule has 0 aliphatic carbocycles. The van der Waals surface area contributed by atoms with Crippen LogP contribution < -0.4 is 10.1 Å². The molecule has 1 atom stereocenters. The third kappa shape index (κ3) is 4.74. The molecule has 0 fully saturated rings. The molecule has 5 nitrogen and oxygen atoms in total. The molecular formula is C20H22N2O3S. The van der Waals surface area contributed by atoms with E-state index in [4.69, 9.17) is 9.15 Å². The van der Waals surface area contributed by atoms with Gasteiger partial charge in [-0.25, -0.2) is 0 Å². The number of rotatable bonds is 8. The van der Waals surface area contributed by atoms with Gasteiger partial charge in [-0.1, -0.05) is 24.3 Å². The molecule has 0 radical (unpaired) electrons. The van der Waals surface area contributed by atoms with Crippen LogP contribution in [-0.4, -0.2) is 31.4 Å². The van der Waals surface area contributed by atoms with Gasteiger partial charge in [-0.15, -0.1) is 11.3 Å². The van der Waals surface area contributed by atoms with Crippen LogP contribution in [0.5, 0.6) is 5.75 Å². The van der Waals surface area contributed by atoms with Crippen molar-refractivity contribution in [2.24, 2.45) is 0 Å². The number of hydrogen-bond donors (Lipinski definition) is 1. The average Bonchev–Trinajstić information content (AvgIpc) is 3.33. The van der Waals surface area contributed by atoms with E-state index in [2.05, 4.69) is 16.3 Å². The Balaban J connectivity index is 1.54. The summed E-state index contributed by atoms with van der Waals surface area (Å²) in [4.78, 5) is 15.7. The van der Waals surface area contributed by atoms with Crippen molar-refractivity contribution in [3.8, 4) is 5.75 Å². The summed E-state index contributed by atoms with van der Waals surface area (Å²) in [6.07, 6.45) is 0. The van der Waals surface area contributed by atoms with Crippen LogP contribution in [0.15, 0.2) is 64.4 Å². The van der Waals surface area contributed by atoms with Crippen molar-refractivity contribution in [3.05, 3.63) is 76.4 Å². The normalized spacial score (nSPS) is 12.1. The molecular weight excluding hydrogens is 348 g/mol. The Labute approximate surface area is 157 Å². The molecule has 26 heavy (non-hydrogen) atoms. The van der Waals surface area contributed by atoms with Crippen LogP contribution in [0.1, 0.15) is 27.2 Å². The van der Waals surface area contributed by atoms with E-state index in [9.17, 15) is 4.79 Å². The fraction of sp³-hybridized carbons (Fsp3) is 0.250. The van der Waals surface area contributed by atoms with Crippen LogP contribution in [-0.2, 0) is 6.61 Å². The third-order valence-electron chi connectivity index (χ3n) is 3.96. The van der Waals surface area contributed by atoms with Crippen LogP contribution >= 0.6 is 11.3 Å². The summed E-state index contributed by atoms with van der Waals surface area (Å²) in [6.45, 7) is 0.801. The molecule has 136 valence electrons. The van der Waals surface area contributed by atoms with Crippen molar-refractivity contribution >= 4 is 17.2 Å². The number of hydrogen-bond acceptors (Lipinski definition) is 5. The number of carbonyl (C=O) groups is 1. The first-order valence-corrected chi connectivity index (χ1v) is 9.26. The zero-order valence-electron chi connectivity index (χ0n) is 14.8. The van der Waals surface area contributed by atoms with E-state index in [0.29, 0.717) is 18.1 Å². The standard InChI is InChI=1S/C20H22N2O3S/c1-22(2)17(19-9-6-12-26-19)13-21-20(23)18-11-10-16(25-18)14-24-15-7-4-3-5-8-15/h3-12,17H,13-14H2,1-2H3,(H,21,23). The van der Waals surface area contributed by atoms with Crippen molar-refractivity contribution in [1.29, 1.82) is 0 Å². The zero-order valence-corrected chi connectivity index (χ0v) is 15.7. The van der Waals surface area contributed by atoms with Crippen LogP contribution in [0.25, 0.3) is 0 Å². The van der Waals surface area contributed by atoms with Gasteiger partial charge in [0.25, 0.3) is 5.91 Å².